The fourth-order valence-electron chi connectivity index (χ4n) is 0.347. The van der Waals surface area contributed by atoms with Crippen molar-refractivity contribution in [3.63, 3.8) is 0 Å². The summed E-state index contributed by atoms with van der Waals surface area (Å²) in [6.45, 7) is -4.34. The zero-order valence-corrected chi connectivity index (χ0v) is 7.70. The molecule has 92 valence electrons. The van der Waals surface area contributed by atoms with Gasteiger partial charge >= 0.3 is 20.2 Å². The molecule has 0 unspecified atom stereocenters. The minimum Gasteiger partial charge on any atom is -0.302 e. The van der Waals surface area contributed by atoms with Gasteiger partial charge in [-0.2, -0.15) is 26.3 Å². The Labute approximate surface area is 79.4 Å². The fraction of sp³-hybridized carbons (Fsp3) is 1.00. The molecular weight excluding hydrogens is 257 g/mol. The molecule has 0 fully saturated rings. The lowest BCUT2D eigenvalue weighted by Crippen LogP contribution is -2.19. The van der Waals surface area contributed by atoms with Gasteiger partial charge in [0.2, 0.25) is 0 Å². The molecule has 0 aromatic heterocycles. The average molecular weight is 262 g/mol. The van der Waals surface area contributed by atoms with Gasteiger partial charge in [-0.1, -0.05) is 0 Å². The highest BCUT2D eigenvalue weighted by molar-refractivity contribution is 7.47. The summed E-state index contributed by atoms with van der Waals surface area (Å²) in [7, 11) is -5.33. The highest BCUT2D eigenvalue weighted by Crippen LogP contribution is 2.45. The third kappa shape index (κ3) is 9.98. The van der Waals surface area contributed by atoms with Crippen LogP contribution in [0.5, 0.6) is 0 Å². The Bertz CT molecular complexity index is 224. The van der Waals surface area contributed by atoms with Gasteiger partial charge in [0.25, 0.3) is 0 Å². The second-order valence-electron chi connectivity index (χ2n) is 2.25. The van der Waals surface area contributed by atoms with Gasteiger partial charge in [-0.3, -0.25) is 9.05 Å². The van der Waals surface area contributed by atoms with Crippen LogP contribution < -0.4 is 0 Å². The maximum atomic E-state index is 11.4. The highest BCUT2D eigenvalue weighted by atomic mass is 31.2. The molecule has 0 atom stereocenters. The van der Waals surface area contributed by atoms with Crippen molar-refractivity contribution in [1.29, 1.82) is 0 Å². The van der Waals surface area contributed by atoms with Gasteiger partial charge < -0.3 is 4.89 Å². The Morgan fingerprint density at radius 2 is 1.20 bits per heavy atom. The number of hydrogen-bond donors (Lipinski definition) is 1. The van der Waals surface area contributed by atoms with E-state index in [9.17, 15) is 30.9 Å². The van der Waals surface area contributed by atoms with Gasteiger partial charge in [-0.15, -0.1) is 0 Å². The fourth-order valence-corrected chi connectivity index (χ4v) is 1.04. The molecule has 0 bridgehead atoms. The van der Waals surface area contributed by atoms with Crippen LogP contribution in [-0.2, 0) is 13.6 Å². The van der Waals surface area contributed by atoms with Crippen molar-refractivity contribution >= 4 is 7.82 Å². The van der Waals surface area contributed by atoms with E-state index in [1.807, 2.05) is 0 Å². The first-order valence-corrected chi connectivity index (χ1v) is 4.66. The lowest BCUT2D eigenvalue weighted by Gasteiger charge is -2.14. The highest BCUT2D eigenvalue weighted by Gasteiger charge is 2.37. The SMILES string of the molecule is O=P(O)(OCC(F)(F)F)OCC(F)(F)F. The maximum Gasteiger partial charge on any atom is 0.472 e. The third-order valence-electron chi connectivity index (χ3n) is 0.783. The molecule has 1 N–H and O–H groups in total. The minimum atomic E-state index is -5.33. The lowest BCUT2D eigenvalue weighted by molar-refractivity contribution is -0.169. The second-order valence-corrected chi connectivity index (χ2v) is 3.70. The molecule has 0 rings (SSSR count). The normalized spacial score (nSPS) is 14.3. The molecule has 0 spiro atoms. The summed E-state index contributed by atoms with van der Waals surface area (Å²) in [5.74, 6) is 0. The van der Waals surface area contributed by atoms with Gasteiger partial charge in [-0.25, -0.2) is 4.57 Å². The number of alkyl halides is 6. The van der Waals surface area contributed by atoms with Crippen LogP contribution in [0.1, 0.15) is 0 Å². The van der Waals surface area contributed by atoms with E-state index in [2.05, 4.69) is 9.05 Å². The van der Waals surface area contributed by atoms with E-state index in [1.165, 1.54) is 0 Å². The Morgan fingerprint density at radius 1 is 0.933 bits per heavy atom. The van der Waals surface area contributed by atoms with E-state index in [-0.39, 0.29) is 0 Å². The number of hydrogen-bond acceptors (Lipinski definition) is 3. The Hall–Kier alpha value is -0.310. The van der Waals surface area contributed by atoms with Gasteiger partial charge in [0.15, 0.2) is 13.2 Å². The summed E-state index contributed by atoms with van der Waals surface area (Å²) in [6, 6.07) is 0. The molecule has 15 heavy (non-hydrogen) atoms. The predicted octanol–water partition coefficient (Wildman–Crippen LogP) is 2.24. The molecule has 0 aliphatic heterocycles. The van der Waals surface area contributed by atoms with Crippen LogP contribution >= 0.6 is 7.82 Å². The Kier molecular flexibility index (Phi) is 4.59. The zero-order valence-electron chi connectivity index (χ0n) is 6.80. The number of rotatable bonds is 4. The van der Waals surface area contributed by atoms with Crippen molar-refractivity contribution in [1.82, 2.24) is 0 Å². The first-order chi connectivity index (χ1) is 6.41. The minimum absolute atomic E-state index is 2.17. The van der Waals surface area contributed by atoms with Crippen LogP contribution in [0.4, 0.5) is 26.3 Å². The predicted molar refractivity (Wildman–Crippen MR) is 33.8 cm³/mol. The summed E-state index contributed by atoms with van der Waals surface area (Å²) >= 11 is 0. The standard InChI is InChI=1S/C4H5F6O4P/c5-3(6,7)1-13-15(11,12)14-2-4(8,9)10/h1-2H2,(H,11,12). The van der Waals surface area contributed by atoms with Gasteiger partial charge in [0.05, 0.1) is 0 Å². The van der Waals surface area contributed by atoms with Crippen LogP contribution in [0.2, 0.25) is 0 Å². The smallest absolute Gasteiger partial charge is 0.302 e. The van der Waals surface area contributed by atoms with Crippen molar-refractivity contribution in [2.75, 3.05) is 13.2 Å². The molecule has 0 saturated heterocycles. The van der Waals surface area contributed by atoms with E-state index in [1.54, 1.807) is 0 Å². The molecule has 4 nitrogen and oxygen atoms in total. The lowest BCUT2D eigenvalue weighted by atomic mass is 10.7. The van der Waals surface area contributed by atoms with E-state index in [0.717, 1.165) is 0 Å². The first-order valence-electron chi connectivity index (χ1n) is 3.17. The van der Waals surface area contributed by atoms with Gasteiger partial charge in [0, 0.05) is 0 Å². The third-order valence-corrected chi connectivity index (χ3v) is 1.69. The summed E-state index contributed by atoms with van der Waals surface area (Å²) < 4.78 is 85.5. The van der Waals surface area contributed by atoms with E-state index in [4.69, 9.17) is 4.89 Å². The Morgan fingerprint density at radius 3 is 1.40 bits per heavy atom. The first kappa shape index (κ1) is 14.7. The van der Waals surface area contributed by atoms with Crippen molar-refractivity contribution in [3.8, 4) is 0 Å². The maximum absolute atomic E-state index is 11.4. The van der Waals surface area contributed by atoms with Gasteiger partial charge in [0.1, 0.15) is 0 Å². The van der Waals surface area contributed by atoms with Crippen molar-refractivity contribution in [2.45, 2.75) is 12.4 Å². The van der Waals surface area contributed by atoms with Crippen LogP contribution in [0, 0.1) is 0 Å². The van der Waals surface area contributed by atoms with E-state index in [0.29, 0.717) is 0 Å². The zero-order chi connectivity index (χ0) is 12.3. The van der Waals surface area contributed by atoms with Crippen LogP contribution in [0.15, 0.2) is 0 Å². The quantitative estimate of drug-likeness (QED) is 0.623. The van der Waals surface area contributed by atoms with Crippen LogP contribution in [-0.4, -0.2) is 30.5 Å². The second kappa shape index (κ2) is 4.69. The number of phosphoric acid groups is 1. The van der Waals surface area contributed by atoms with Crippen LogP contribution in [0.3, 0.4) is 0 Å². The molecule has 0 saturated carbocycles. The summed E-state index contributed by atoms with van der Waals surface area (Å²) in [5.41, 5.74) is 0. The monoisotopic (exact) mass is 262 g/mol. The molecule has 0 aliphatic rings. The van der Waals surface area contributed by atoms with E-state index < -0.39 is 33.4 Å². The molecular formula is C4H5F6O4P. The average Bonchev–Trinajstić information content (AvgIpc) is 1.96. The molecule has 11 heteroatoms. The van der Waals surface area contributed by atoms with E-state index >= 15 is 0 Å². The molecule has 0 aromatic rings. The molecule has 0 heterocycles. The number of halogens is 6. The topological polar surface area (TPSA) is 55.8 Å². The van der Waals surface area contributed by atoms with Crippen molar-refractivity contribution in [3.05, 3.63) is 0 Å². The van der Waals surface area contributed by atoms with Crippen LogP contribution in [0.25, 0.3) is 0 Å². The van der Waals surface area contributed by atoms with Crippen molar-refractivity contribution in [2.24, 2.45) is 0 Å². The largest absolute Gasteiger partial charge is 0.472 e. The summed E-state index contributed by atoms with van der Waals surface area (Å²) in [4.78, 5) is 8.35. The summed E-state index contributed by atoms with van der Waals surface area (Å²) in [5, 5.41) is 0. The molecule has 0 aromatic carbocycles. The van der Waals surface area contributed by atoms with Crippen molar-refractivity contribution < 1.29 is 44.8 Å². The molecule has 0 radical (unpaired) electrons. The summed E-state index contributed by atoms with van der Waals surface area (Å²) in [6.07, 6.45) is -9.86. The molecule has 0 amide bonds. The van der Waals surface area contributed by atoms with Gasteiger partial charge in [-0.05, 0) is 0 Å². The Balaban J connectivity index is 4.04. The molecule has 0 aliphatic carbocycles. The number of phosphoric ester groups is 1.